The third-order valence-electron chi connectivity index (χ3n) is 4.10. The van der Waals surface area contributed by atoms with Crippen molar-refractivity contribution in [2.75, 3.05) is 43.5 Å². The maximum Gasteiger partial charge on any atom is 0.325 e. The van der Waals surface area contributed by atoms with Gasteiger partial charge in [-0.05, 0) is 43.3 Å². The Morgan fingerprint density at radius 1 is 1.03 bits per heavy atom. The van der Waals surface area contributed by atoms with Gasteiger partial charge in [0.2, 0.25) is 11.8 Å². The molecular formula is C21H23ClFN3O4. The standard InChI is InChI=1S/C21H23ClFN3O4/c1-3-30-21(29)14-26(16-10-8-15(23)9-11-16)13-20(28)25(2)12-19(27)24-18-7-5-4-6-17(18)22/h4-11H,3,12-14H2,1-2H3,(H,24,27). The molecule has 0 radical (unpaired) electrons. The fraction of sp³-hybridized carbons (Fsp3) is 0.286. The summed E-state index contributed by atoms with van der Waals surface area (Å²) in [6.45, 7) is 1.29. The summed E-state index contributed by atoms with van der Waals surface area (Å²) in [5, 5.41) is 3.03. The number of carbonyl (C=O) groups is 3. The molecule has 0 saturated heterocycles. The van der Waals surface area contributed by atoms with Gasteiger partial charge in [0, 0.05) is 12.7 Å². The highest BCUT2D eigenvalue weighted by Gasteiger charge is 2.20. The number of carbonyl (C=O) groups excluding carboxylic acids is 3. The molecular weight excluding hydrogens is 413 g/mol. The molecule has 30 heavy (non-hydrogen) atoms. The zero-order valence-corrected chi connectivity index (χ0v) is 17.5. The van der Waals surface area contributed by atoms with Crippen LogP contribution in [0.1, 0.15) is 6.92 Å². The summed E-state index contributed by atoms with van der Waals surface area (Å²) in [6, 6.07) is 12.2. The van der Waals surface area contributed by atoms with Crippen LogP contribution in [0.2, 0.25) is 5.02 Å². The molecule has 2 rings (SSSR count). The van der Waals surface area contributed by atoms with Gasteiger partial charge < -0.3 is 19.9 Å². The maximum atomic E-state index is 13.2. The van der Waals surface area contributed by atoms with Crippen LogP contribution in [0.25, 0.3) is 0 Å². The number of hydrogen-bond acceptors (Lipinski definition) is 5. The smallest absolute Gasteiger partial charge is 0.325 e. The number of anilines is 2. The molecule has 0 aliphatic heterocycles. The molecule has 0 unspecified atom stereocenters. The molecule has 0 aliphatic rings. The normalized spacial score (nSPS) is 10.3. The van der Waals surface area contributed by atoms with Crippen LogP contribution in [-0.4, -0.2) is 56.0 Å². The fourth-order valence-electron chi connectivity index (χ4n) is 2.59. The molecule has 2 amide bonds. The van der Waals surface area contributed by atoms with Crippen molar-refractivity contribution >= 4 is 40.8 Å². The van der Waals surface area contributed by atoms with Gasteiger partial charge in [-0.25, -0.2) is 4.39 Å². The first-order chi connectivity index (χ1) is 14.3. The van der Waals surface area contributed by atoms with Crippen molar-refractivity contribution in [3.05, 3.63) is 59.4 Å². The Labute approximate surface area is 179 Å². The second kappa shape index (κ2) is 11.2. The van der Waals surface area contributed by atoms with Crippen molar-refractivity contribution in [3.8, 4) is 0 Å². The zero-order valence-electron chi connectivity index (χ0n) is 16.7. The van der Waals surface area contributed by atoms with Gasteiger partial charge in [-0.15, -0.1) is 0 Å². The lowest BCUT2D eigenvalue weighted by molar-refractivity contribution is -0.141. The molecule has 0 bridgehead atoms. The predicted molar refractivity (Wildman–Crippen MR) is 113 cm³/mol. The van der Waals surface area contributed by atoms with E-state index < -0.39 is 23.6 Å². The first-order valence-corrected chi connectivity index (χ1v) is 9.62. The number of para-hydroxylation sites is 1. The first kappa shape index (κ1) is 23.2. The average Bonchev–Trinajstić information content (AvgIpc) is 2.70. The number of hydrogen-bond donors (Lipinski definition) is 1. The van der Waals surface area contributed by atoms with E-state index in [-0.39, 0.29) is 26.2 Å². The molecule has 2 aromatic rings. The fourth-order valence-corrected chi connectivity index (χ4v) is 2.78. The Kier molecular flexibility index (Phi) is 8.61. The number of nitrogens with zero attached hydrogens (tertiary/aromatic N) is 2. The minimum Gasteiger partial charge on any atom is -0.465 e. The summed E-state index contributed by atoms with van der Waals surface area (Å²) in [5.74, 6) is -1.78. The van der Waals surface area contributed by atoms with E-state index >= 15 is 0 Å². The highest BCUT2D eigenvalue weighted by Crippen LogP contribution is 2.20. The monoisotopic (exact) mass is 435 g/mol. The minimum absolute atomic E-state index is 0.190. The van der Waals surface area contributed by atoms with Gasteiger partial charge in [-0.1, -0.05) is 23.7 Å². The number of halogens is 2. The average molecular weight is 436 g/mol. The number of ether oxygens (including phenoxy) is 1. The van der Waals surface area contributed by atoms with E-state index in [1.54, 1.807) is 31.2 Å². The molecule has 0 saturated carbocycles. The molecule has 9 heteroatoms. The molecule has 7 nitrogen and oxygen atoms in total. The highest BCUT2D eigenvalue weighted by molar-refractivity contribution is 6.33. The number of esters is 1. The molecule has 0 atom stereocenters. The number of rotatable bonds is 9. The van der Waals surface area contributed by atoms with Crippen molar-refractivity contribution in [3.63, 3.8) is 0 Å². The second-order valence-electron chi connectivity index (χ2n) is 6.42. The summed E-state index contributed by atoms with van der Waals surface area (Å²) in [7, 11) is 1.47. The summed E-state index contributed by atoms with van der Waals surface area (Å²) < 4.78 is 18.2. The van der Waals surface area contributed by atoms with Crippen molar-refractivity contribution < 1.29 is 23.5 Å². The van der Waals surface area contributed by atoms with E-state index in [4.69, 9.17) is 16.3 Å². The van der Waals surface area contributed by atoms with Gasteiger partial charge >= 0.3 is 5.97 Å². The molecule has 2 aromatic carbocycles. The van der Waals surface area contributed by atoms with E-state index in [0.29, 0.717) is 16.4 Å². The maximum absolute atomic E-state index is 13.2. The summed E-state index contributed by atoms with van der Waals surface area (Å²) in [5.41, 5.74) is 0.923. The van der Waals surface area contributed by atoms with Crippen molar-refractivity contribution in [2.45, 2.75) is 6.92 Å². The lowest BCUT2D eigenvalue weighted by Crippen LogP contribution is -2.43. The van der Waals surface area contributed by atoms with Crippen LogP contribution < -0.4 is 10.2 Å². The Balaban J connectivity index is 2.02. The van der Waals surface area contributed by atoms with Crippen LogP contribution in [0.15, 0.2) is 48.5 Å². The minimum atomic E-state index is -0.520. The Hall–Kier alpha value is -3.13. The van der Waals surface area contributed by atoms with Gasteiger partial charge in [-0.3, -0.25) is 14.4 Å². The van der Waals surface area contributed by atoms with Crippen LogP contribution >= 0.6 is 11.6 Å². The van der Waals surface area contributed by atoms with E-state index in [9.17, 15) is 18.8 Å². The largest absolute Gasteiger partial charge is 0.465 e. The number of likely N-dealkylation sites (N-methyl/N-ethyl adjacent to an activating group) is 1. The molecule has 160 valence electrons. The van der Waals surface area contributed by atoms with Gasteiger partial charge in [-0.2, -0.15) is 0 Å². The lowest BCUT2D eigenvalue weighted by atomic mass is 10.2. The SMILES string of the molecule is CCOC(=O)CN(CC(=O)N(C)CC(=O)Nc1ccccc1Cl)c1ccc(F)cc1. The first-order valence-electron chi connectivity index (χ1n) is 9.24. The zero-order chi connectivity index (χ0) is 22.1. The summed E-state index contributed by atoms with van der Waals surface area (Å²) in [6.07, 6.45) is 0. The van der Waals surface area contributed by atoms with E-state index in [1.807, 2.05) is 0 Å². The van der Waals surface area contributed by atoms with Gasteiger partial charge in [0.1, 0.15) is 12.4 Å². The Bertz CT molecular complexity index is 892. The third kappa shape index (κ3) is 7.04. The summed E-state index contributed by atoms with van der Waals surface area (Å²) in [4.78, 5) is 39.5. The predicted octanol–water partition coefficient (Wildman–Crippen LogP) is 2.95. The van der Waals surface area contributed by atoms with Crippen LogP contribution in [0, 0.1) is 5.82 Å². The third-order valence-corrected chi connectivity index (χ3v) is 4.43. The topological polar surface area (TPSA) is 79.0 Å². The molecule has 0 spiro atoms. The van der Waals surface area contributed by atoms with Gasteiger partial charge in [0.05, 0.1) is 30.4 Å². The molecule has 0 heterocycles. The van der Waals surface area contributed by atoms with Gasteiger partial charge in [0.25, 0.3) is 0 Å². The van der Waals surface area contributed by atoms with E-state index in [1.165, 1.54) is 41.1 Å². The Morgan fingerprint density at radius 2 is 1.70 bits per heavy atom. The molecule has 1 N–H and O–H groups in total. The van der Waals surface area contributed by atoms with Crippen molar-refractivity contribution in [2.24, 2.45) is 0 Å². The molecule has 0 aliphatic carbocycles. The molecule has 0 aromatic heterocycles. The quantitative estimate of drug-likeness (QED) is 0.613. The molecule has 0 fully saturated rings. The lowest BCUT2D eigenvalue weighted by Gasteiger charge is -2.26. The van der Waals surface area contributed by atoms with E-state index in [0.717, 1.165) is 0 Å². The van der Waals surface area contributed by atoms with Crippen LogP contribution in [0.4, 0.5) is 15.8 Å². The highest BCUT2D eigenvalue weighted by atomic mass is 35.5. The van der Waals surface area contributed by atoms with E-state index in [2.05, 4.69) is 5.32 Å². The number of nitrogens with one attached hydrogen (secondary N) is 1. The van der Waals surface area contributed by atoms with Crippen molar-refractivity contribution in [1.82, 2.24) is 4.90 Å². The van der Waals surface area contributed by atoms with Crippen molar-refractivity contribution in [1.29, 1.82) is 0 Å². The van der Waals surface area contributed by atoms with Crippen LogP contribution in [0.5, 0.6) is 0 Å². The van der Waals surface area contributed by atoms with Crippen LogP contribution in [-0.2, 0) is 19.1 Å². The second-order valence-corrected chi connectivity index (χ2v) is 6.82. The van der Waals surface area contributed by atoms with Crippen LogP contribution in [0.3, 0.4) is 0 Å². The van der Waals surface area contributed by atoms with Gasteiger partial charge in [0.15, 0.2) is 0 Å². The summed E-state index contributed by atoms with van der Waals surface area (Å²) >= 11 is 6.02. The Morgan fingerprint density at radius 3 is 2.33 bits per heavy atom. The number of benzene rings is 2. The number of amides is 2.